The van der Waals surface area contributed by atoms with Gasteiger partial charge >= 0.3 is 0 Å². The van der Waals surface area contributed by atoms with E-state index in [0.717, 1.165) is 19.6 Å². The maximum absolute atomic E-state index is 12.3. The van der Waals surface area contributed by atoms with E-state index in [1.54, 1.807) is 0 Å². The maximum atomic E-state index is 12.3. The summed E-state index contributed by atoms with van der Waals surface area (Å²) in [5.74, 6) is 0.241. The van der Waals surface area contributed by atoms with Crippen molar-refractivity contribution in [1.29, 1.82) is 0 Å². The van der Waals surface area contributed by atoms with E-state index in [1.807, 2.05) is 11.1 Å². The molecular formula is C20H23N3O. The minimum absolute atomic E-state index is 0.241. The monoisotopic (exact) mass is 321 g/mol. The summed E-state index contributed by atoms with van der Waals surface area (Å²) >= 11 is 0. The lowest BCUT2D eigenvalue weighted by atomic mass is 10.0. The van der Waals surface area contributed by atoms with Crippen LogP contribution in [0.25, 0.3) is 0 Å². The lowest BCUT2D eigenvalue weighted by molar-refractivity contribution is -0.158. The molecule has 24 heavy (non-hydrogen) atoms. The fourth-order valence-electron chi connectivity index (χ4n) is 3.70. The Morgan fingerprint density at radius 3 is 2.54 bits per heavy atom. The average Bonchev–Trinajstić information content (AvgIpc) is 2.97. The molecule has 4 nitrogen and oxygen atoms in total. The average molecular weight is 321 g/mol. The van der Waals surface area contributed by atoms with Crippen LogP contribution in [0.3, 0.4) is 0 Å². The van der Waals surface area contributed by atoms with Gasteiger partial charge < -0.3 is 0 Å². The molecule has 2 saturated heterocycles. The van der Waals surface area contributed by atoms with Crippen molar-refractivity contribution in [3.05, 3.63) is 71.3 Å². The Hall–Kier alpha value is -2.17. The second-order valence-electron chi connectivity index (χ2n) is 6.77. The summed E-state index contributed by atoms with van der Waals surface area (Å²) < 4.78 is 0. The lowest BCUT2D eigenvalue weighted by Crippen LogP contribution is -2.55. The van der Waals surface area contributed by atoms with Crippen LogP contribution in [0.1, 0.15) is 29.2 Å². The van der Waals surface area contributed by atoms with E-state index < -0.39 is 0 Å². The summed E-state index contributed by atoms with van der Waals surface area (Å²) in [4.78, 5) is 14.7. The Labute approximate surface area is 143 Å². The van der Waals surface area contributed by atoms with Crippen LogP contribution in [-0.2, 0) is 11.3 Å². The van der Waals surface area contributed by atoms with Crippen molar-refractivity contribution in [2.45, 2.75) is 25.9 Å². The summed E-state index contributed by atoms with van der Waals surface area (Å²) in [6.45, 7) is 5.45. The molecule has 0 saturated carbocycles. The van der Waals surface area contributed by atoms with Gasteiger partial charge in [-0.15, -0.1) is 0 Å². The van der Waals surface area contributed by atoms with Crippen LogP contribution < -0.4 is 0 Å². The zero-order chi connectivity index (χ0) is 16.5. The van der Waals surface area contributed by atoms with Crippen molar-refractivity contribution in [3.63, 3.8) is 0 Å². The van der Waals surface area contributed by atoms with Gasteiger partial charge in [0.1, 0.15) is 0 Å². The van der Waals surface area contributed by atoms with Gasteiger partial charge in [-0.05, 0) is 18.1 Å². The zero-order valence-electron chi connectivity index (χ0n) is 14.1. The van der Waals surface area contributed by atoms with E-state index in [0.29, 0.717) is 13.1 Å². The molecule has 0 aliphatic carbocycles. The first-order valence-corrected chi connectivity index (χ1v) is 8.60. The van der Waals surface area contributed by atoms with E-state index in [-0.39, 0.29) is 11.9 Å². The molecule has 124 valence electrons. The summed E-state index contributed by atoms with van der Waals surface area (Å²) in [5.41, 5.74) is 3.85. The Balaban J connectivity index is 1.59. The third-order valence-electron chi connectivity index (χ3n) is 4.99. The van der Waals surface area contributed by atoms with Crippen LogP contribution in [-0.4, -0.2) is 40.6 Å². The number of hydrogen-bond acceptors (Lipinski definition) is 3. The van der Waals surface area contributed by atoms with E-state index in [2.05, 4.69) is 65.4 Å². The third kappa shape index (κ3) is 2.95. The van der Waals surface area contributed by atoms with Crippen molar-refractivity contribution in [2.24, 2.45) is 0 Å². The van der Waals surface area contributed by atoms with Gasteiger partial charge in [0.05, 0.1) is 12.7 Å². The third-order valence-corrected chi connectivity index (χ3v) is 4.99. The number of aryl methyl sites for hydroxylation is 1. The first kappa shape index (κ1) is 15.4. The number of nitrogens with zero attached hydrogens (tertiary/aromatic N) is 3. The highest BCUT2D eigenvalue weighted by Crippen LogP contribution is 2.32. The van der Waals surface area contributed by atoms with Gasteiger partial charge in [0.25, 0.3) is 0 Å². The standard InChI is InChI=1S/C20H23N3O/c1-16-7-9-18(10-8-16)19-14-21(13-17-5-3-2-4-6-17)15-23-20(24)11-12-22(19)23/h2-10,19H,11-15H2,1H3. The highest BCUT2D eigenvalue weighted by molar-refractivity contribution is 5.77. The van der Waals surface area contributed by atoms with E-state index >= 15 is 0 Å². The van der Waals surface area contributed by atoms with Gasteiger partial charge in [0.2, 0.25) is 5.91 Å². The van der Waals surface area contributed by atoms with Gasteiger partial charge in [-0.25, -0.2) is 5.01 Å². The molecular weight excluding hydrogens is 298 g/mol. The number of fused-ring (bicyclic) bond motifs is 1. The molecule has 0 radical (unpaired) electrons. The van der Waals surface area contributed by atoms with Crippen molar-refractivity contribution >= 4 is 5.91 Å². The SMILES string of the molecule is Cc1ccc(C2CN(Cc3ccccc3)CN3C(=O)CCN23)cc1. The summed E-state index contributed by atoms with van der Waals surface area (Å²) in [5, 5.41) is 4.20. The Bertz CT molecular complexity index is 713. The van der Waals surface area contributed by atoms with Gasteiger partial charge in [0.15, 0.2) is 0 Å². The summed E-state index contributed by atoms with van der Waals surface area (Å²) in [7, 11) is 0. The minimum atomic E-state index is 0.241. The molecule has 1 amide bonds. The van der Waals surface area contributed by atoms with Crippen LogP contribution >= 0.6 is 0 Å². The molecule has 2 heterocycles. The Kier molecular flexibility index (Phi) is 4.08. The van der Waals surface area contributed by atoms with Gasteiger partial charge in [0, 0.05) is 26.1 Å². The number of amides is 1. The molecule has 1 unspecified atom stereocenters. The van der Waals surface area contributed by atoms with Gasteiger partial charge in [-0.1, -0.05) is 60.2 Å². The van der Waals surface area contributed by atoms with Crippen LogP contribution in [0.2, 0.25) is 0 Å². The molecule has 0 aromatic heterocycles. The maximum Gasteiger partial charge on any atom is 0.239 e. The number of carbonyl (C=O) groups is 1. The number of hydrogen-bond donors (Lipinski definition) is 0. The molecule has 0 bridgehead atoms. The molecule has 2 aliphatic heterocycles. The van der Waals surface area contributed by atoms with Crippen LogP contribution in [0.5, 0.6) is 0 Å². The number of hydrazine groups is 1. The molecule has 2 aromatic rings. The second-order valence-corrected chi connectivity index (χ2v) is 6.77. The number of benzene rings is 2. The van der Waals surface area contributed by atoms with Crippen LogP contribution in [0.4, 0.5) is 0 Å². The quantitative estimate of drug-likeness (QED) is 0.869. The van der Waals surface area contributed by atoms with E-state index in [1.165, 1.54) is 16.7 Å². The number of rotatable bonds is 3. The fraction of sp³-hybridized carbons (Fsp3) is 0.350. The molecule has 2 fully saturated rings. The Morgan fingerprint density at radius 2 is 1.79 bits per heavy atom. The zero-order valence-corrected chi connectivity index (χ0v) is 14.1. The highest BCUT2D eigenvalue weighted by atomic mass is 16.2. The Morgan fingerprint density at radius 1 is 1.04 bits per heavy atom. The molecule has 4 rings (SSSR count). The van der Waals surface area contributed by atoms with E-state index in [4.69, 9.17) is 0 Å². The minimum Gasteiger partial charge on any atom is -0.278 e. The lowest BCUT2D eigenvalue weighted by Gasteiger charge is -2.45. The smallest absolute Gasteiger partial charge is 0.239 e. The molecule has 0 N–H and O–H groups in total. The second kappa shape index (κ2) is 6.38. The van der Waals surface area contributed by atoms with Gasteiger partial charge in [-0.3, -0.25) is 14.7 Å². The summed E-state index contributed by atoms with van der Waals surface area (Å²) in [6.07, 6.45) is 0.627. The summed E-state index contributed by atoms with van der Waals surface area (Å²) in [6, 6.07) is 19.5. The number of carbonyl (C=O) groups excluding carboxylic acids is 1. The van der Waals surface area contributed by atoms with Crippen molar-refractivity contribution in [3.8, 4) is 0 Å². The molecule has 4 heteroatoms. The predicted molar refractivity (Wildman–Crippen MR) is 93.8 cm³/mol. The normalized spacial score (nSPS) is 22.0. The first-order chi connectivity index (χ1) is 11.7. The van der Waals surface area contributed by atoms with Crippen LogP contribution in [0.15, 0.2) is 54.6 Å². The van der Waals surface area contributed by atoms with Gasteiger partial charge in [-0.2, -0.15) is 0 Å². The largest absolute Gasteiger partial charge is 0.278 e. The molecule has 0 spiro atoms. The molecule has 1 atom stereocenters. The van der Waals surface area contributed by atoms with Crippen LogP contribution in [0, 0.1) is 6.92 Å². The topological polar surface area (TPSA) is 26.8 Å². The predicted octanol–water partition coefficient (Wildman–Crippen LogP) is 2.96. The highest BCUT2D eigenvalue weighted by Gasteiger charge is 2.40. The van der Waals surface area contributed by atoms with Crippen molar-refractivity contribution in [2.75, 3.05) is 19.8 Å². The molecule has 2 aromatic carbocycles. The first-order valence-electron chi connectivity index (χ1n) is 8.60. The van der Waals surface area contributed by atoms with E-state index in [9.17, 15) is 4.79 Å². The van der Waals surface area contributed by atoms with Crippen molar-refractivity contribution in [1.82, 2.24) is 14.9 Å². The molecule has 2 aliphatic rings. The fourth-order valence-corrected chi connectivity index (χ4v) is 3.70. The van der Waals surface area contributed by atoms with Crippen molar-refractivity contribution < 1.29 is 4.79 Å².